The Hall–Kier alpha value is -1.97. The van der Waals surface area contributed by atoms with Gasteiger partial charge >= 0.3 is 0 Å². The molecule has 1 aromatic heterocycles. The molecule has 0 radical (unpaired) electrons. The molecule has 1 aromatic carbocycles. The first-order chi connectivity index (χ1) is 10.1. The Labute approximate surface area is 132 Å². The summed E-state index contributed by atoms with van der Waals surface area (Å²) in [6, 6.07) is 9.52. The molecular formula is C15H15N3OS2. The lowest BCUT2D eigenvalue weighted by molar-refractivity contribution is -0.115. The Kier molecular flexibility index (Phi) is 5.26. The summed E-state index contributed by atoms with van der Waals surface area (Å²) in [5.41, 5.74) is 8.15. The van der Waals surface area contributed by atoms with Gasteiger partial charge < -0.3 is 11.1 Å². The monoisotopic (exact) mass is 317 g/mol. The van der Waals surface area contributed by atoms with E-state index in [0.717, 1.165) is 16.1 Å². The van der Waals surface area contributed by atoms with Gasteiger partial charge in [-0.2, -0.15) is 5.26 Å². The summed E-state index contributed by atoms with van der Waals surface area (Å²) in [5.74, 6) is 0.589. The molecular weight excluding hydrogens is 302 g/mol. The van der Waals surface area contributed by atoms with Gasteiger partial charge in [0.25, 0.3) is 0 Å². The Morgan fingerprint density at radius 1 is 1.48 bits per heavy atom. The van der Waals surface area contributed by atoms with Crippen LogP contribution in [0.25, 0.3) is 0 Å². The fourth-order valence-electron chi connectivity index (χ4n) is 1.71. The smallest absolute Gasteiger partial charge is 0.225 e. The minimum absolute atomic E-state index is 0.0805. The van der Waals surface area contributed by atoms with Crippen molar-refractivity contribution in [3.8, 4) is 6.07 Å². The topological polar surface area (TPSA) is 78.9 Å². The highest BCUT2D eigenvalue weighted by molar-refractivity contribution is 7.99. The van der Waals surface area contributed by atoms with Gasteiger partial charge in [-0.15, -0.1) is 23.1 Å². The predicted molar refractivity (Wildman–Crippen MR) is 88.6 cm³/mol. The van der Waals surface area contributed by atoms with E-state index in [0.29, 0.717) is 22.7 Å². The number of carbonyl (C=O) groups excluding carboxylic acids is 1. The van der Waals surface area contributed by atoms with E-state index in [9.17, 15) is 4.79 Å². The highest BCUT2D eigenvalue weighted by atomic mass is 32.2. The van der Waals surface area contributed by atoms with E-state index in [4.69, 9.17) is 11.0 Å². The molecule has 0 bridgehead atoms. The highest BCUT2D eigenvalue weighted by Gasteiger charge is 2.08. The summed E-state index contributed by atoms with van der Waals surface area (Å²) < 4.78 is 0. The number of nitrogens with zero attached hydrogens (tertiary/aromatic N) is 1. The molecule has 0 aliphatic carbocycles. The molecule has 2 aromatic rings. The van der Waals surface area contributed by atoms with Gasteiger partial charge in [-0.05, 0) is 36.1 Å². The number of hydrogen-bond donors (Lipinski definition) is 2. The van der Waals surface area contributed by atoms with Crippen molar-refractivity contribution in [1.29, 1.82) is 5.26 Å². The van der Waals surface area contributed by atoms with Crippen molar-refractivity contribution in [1.82, 2.24) is 0 Å². The molecule has 21 heavy (non-hydrogen) atoms. The van der Waals surface area contributed by atoms with Gasteiger partial charge in [0.2, 0.25) is 5.91 Å². The van der Waals surface area contributed by atoms with Gasteiger partial charge in [-0.25, -0.2) is 0 Å². The molecule has 0 aliphatic heterocycles. The van der Waals surface area contributed by atoms with Gasteiger partial charge in [0.1, 0.15) is 11.1 Å². The zero-order valence-electron chi connectivity index (χ0n) is 11.6. The van der Waals surface area contributed by atoms with Crippen molar-refractivity contribution in [2.45, 2.75) is 18.2 Å². The Morgan fingerprint density at radius 2 is 2.29 bits per heavy atom. The lowest BCUT2D eigenvalue weighted by Crippen LogP contribution is -2.11. The van der Waals surface area contributed by atoms with Crippen molar-refractivity contribution in [2.24, 2.45) is 0 Å². The van der Waals surface area contributed by atoms with Gasteiger partial charge in [-0.3, -0.25) is 4.79 Å². The van der Waals surface area contributed by atoms with Gasteiger partial charge in [0, 0.05) is 22.8 Å². The lowest BCUT2D eigenvalue weighted by atomic mass is 10.2. The summed E-state index contributed by atoms with van der Waals surface area (Å²) in [6.07, 6.45) is 0.391. The van der Waals surface area contributed by atoms with Gasteiger partial charge in [-0.1, -0.05) is 6.07 Å². The molecule has 0 spiro atoms. The van der Waals surface area contributed by atoms with Crippen LogP contribution in [0.5, 0.6) is 0 Å². The van der Waals surface area contributed by atoms with Crippen LogP contribution in [0.4, 0.5) is 10.7 Å². The minimum atomic E-state index is -0.0805. The van der Waals surface area contributed by atoms with Crippen molar-refractivity contribution >= 4 is 39.7 Å². The number of hydrogen-bond acceptors (Lipinski definition) is 5. The maximum Gasteiger partial charge on any atom is 0.225 e. The van der Waals surface area contributed by atoms with Gasteiger partial charge in [0.15, 0.2) is 0 Å². The number of nitriles is 1. The maximum absolute atomic E-state index is 11.9. The minimum Gasteiger partial charge on any atom is -0.399 e. The molecule has 4 nitrogen and oxygen atoms in total. The quantitative estimate of drug-likeness (QED) is 0.652. The van der Waals surface area contributed by atoms with Crippen LogP contribution in [0.15, 0.2) is 34.5 Å². The maximum atomic E-state index is 11.9. The molecule has 2 rings (SSSR count). The normalized spacial score (nSPS) is 10.1. The molecule has 108 valence electrons. The van der Waals surface area contributed by atoms with Gasteiger partial charge in [0.05, 0.1) is 5.56 Å². The number of carbonyl (C=O) groups is 1. The van der Waals surface area contributed by atoms with Crippen LogP contribution in [0.2, 0.25) is 0 Å². The number of nitrogens with two attached hydrogens (primary N) is 1. The average Bonchev–Trinajstić information content (AvgIpc) is 2.89. The third-order valence-corrected chi connectivity index (χ3v) is 4.83. The van der Waals surface area contributed by atoms with Crippen LogP contribution in [0.3, 0.4) is 0 Å². The van der Waals surface area contributed by atoms with Crippen molar-refractivity contribution in [3.05, 3.63) is 40.8 Å². The molecule has 1 amide bonds. The second-order valence-electron chi connectivity index (χ2n) is 4.45. The van der Waals surface area contributed by atoms with E-state index in [1.807, 2.05) is 25.1 Å². The van der Waals surface area contributed by atoms with Crippen molar-refractivity contribution < 1.29 is 4.79 Å². The Balaban J connectivity index is 1.85. The van der Waals surface area contributed by atoms with E-state index in [1.165, 1.54) is 11.3 Å². The van der Waals surface area contributed by atoms with E-state index in [-0.39, 0.29) is 5.91 Å². The predicted octanol–water partition coefficient (Wildman–Crippen LogP) is 3.63. The first kappa shape index (κ1) is 15.4. The van der Waals surface area contributed by atoms with E-state index >= 15 is 0 Å². The highest BCUT2D eigenvalue weighted by Crippen LogP contribution is 2.26. The van der Waals surface area contributed by atoms with E-state index in [1.54, 1.807) is 23.2 Å². The summed E-state index contributed by atoms with van der Waals surface area (Å²) in [7, 11) is 0. The van der Waals surface area contributed by atoms with Crippen molar-refractivity contribution in [2.75, 3.05) is 16.8 Å². The third-order valence-electron chi connectivity index (χ3n) is 2.84. The van der Waals surface area contributed by atoms with Crippen LogP contribution in [0, 0.1) is 18.3 Å². The molecule has 0 fully saturated rings. The van der Waals surface area contributed by atoms with Crippen LogP contribution in [0.1, 0.15) is 17.5 Å². The average molecular weight is 317 g/mol. The fourth-order valence-corrected chi connectivity index (χ4v) is 3.49. The van der Waals surface area contributed by atoms with Crippen LogP contribution in [-0.4, -0.2) is 11.7 Å². The number of thiophene rings is 1. The molecule has 1 heterocycles. The second kappa shape index (κ2) is 7.16. The fraction of sp³-hybridized carbons (Fsp3) is 0.200. The Bertz CT molecular complexity index is 688. The number of nitrogens with one attached hydrogen (secondary N) is 1. The molecule has 6 heteroatoms. The third kappa shape index (κ3) is 4.25. The zero-order chi connectivity index (χ0) is 15.2. The number of nitrogen functional groups attached to an aromatic ring is 1. The number of thioether (sulfide) groups is 1. The number of anilines is 2. The first-order valence-electron chi connectivity index (χ1n) is 6.36. The molecule has 3 N–H and O–H groups in total. The molecule has 0 saturated carbocycles. The summed E-state index contributed by atoms with van der Waals surface area (Å²) >= 11 is 2.97. The number of benzene rings is 1. The molecule has 0 aliphatic rings. The summed E-state index contributed by atoms with van der Waals surface area (Å²) in [4.78, 5) is 13.0. The van der Waals surface area contributed by atoms with Crippen LogP contribution in [-0.2, 0) is 4.79 Å². The van der Waals surface area contributed by atoms with Crippen LogP contribution >= 0.6 is 23.1 Å². The second-order valence-corrected chi connectivity index (χ2v) is 6.50. The molecule has 0 saturated heterocycles. The number of rotatable bonds is 5. The largest absolute Gasteiger partial charge is 0.399 e. The Morgan fingerprint density at radius 3 is 3.05 bits per heavy atom. The van der Waals surface area contributed by atoms with E-state index in [2.05, 4.69) is 11.4 Å². The number of aryl methyl sites for hydroxylation is 1. The lowest BCUT2D eigenvalue weighted by Gasteiger charge is -2.07. The number of amides is 1. The molecule has 0 atom stereocenters. The van der Waals surface area contributed by atoms with E-state index < -0.39 is 0 Å². The zero-order valence-corrected chi connectivity index (χ0v) is 13.2. The summed E-state index contributed by atoms with van der Waals surface area (Å²) in [6.45, 7) is 2.02. The standard InChI is InChI=1S/C15H15N3OS2/c1-10-2-3-12(17)8-13(10)20-7-5-14(19)18-15-11(9-16)4-6-21-15/h2-4,6,8H,5,7,17H2,1H3,(H,18,19). The van der Waals surface area contributed by atoms with Crippen LogP contribution < -0.4 is 11.1 Å². The van der Waals surface area contributed by atoms with Crippen molar-refractivity contribution in [3.63, 3.8) is 0 Å². The summed E-state index contributed by atoms with van der Waals surface area (Å²) in [5, 5.41) is 14.1. The first-order valence-corrected chi connectivity index (χ1v) is 8.23. The SMILES string of the molecule is Cc1ccc(N)cc1SCCC(=O)Nc1sccc1C#N. The molecule has 0 unspecified atom stereocenters.